The number of nitrogens with zero attached hydrogens (tertiary/aromatic N) is 1. The van der Waals surface area contributed by atoms with Crippen molar-refractivity contribution in [2.24, 2.45) is 0 Å². The van der Waals surface area contributed by atoms with Crippen LogP contribution in [0.3, 0.4) is 0 Å². The van der Waals surface area contributed by atoms with Gasteiger partial charge < -0.3 is 5.32 Å². The molecule has 0 atom stereocenters. The average Bonchev–Trinajstić information content (AvgIpc) is 2.45. The van der Waals surface area contributed by atoms with E-state index in [4.69, 9.17) is 11.6 Å². The van der Waals surface area contributed by atoms with Gasteiger partial charge in [-0.15, -0.1) is 0 Å². The number of anilines is 1. The lowest BCUT2D eigenvalue weighted by Gasteiger charge is -2.29. The Kier molecular flexibility index (Phi) is 5.11. The van der Waals surface area contributed by atoms with Gasteiger partial charge in [-0.2, -0.15) is 0 Å². The zero-order valence-electron chi connectivity index (χ0n) is 11.9. The van der Waals surface area contributed by atoms with Crippen LogP contribution in [0.1, 0.15) is 36.5 Å². The Labute approximate surface area is 130 Å². The number of nitrogens with one attached hydrogen (secondary N) is 1. The van der Waals surface area contributed by atoms with E-state index in [1.807, 2.05) is 6.92 Å². The normalized spacial score (nSPS) is 17.5. The van der Waals surface area contributed by atoms with Crippen molar-refractivity contribution < 1.29 is 13.2 Å². The van der Waals surface area contributed by atoms with Crippen LogP contribution in [-0.2, 0) is 10.0 Å². The predicted molar refractivity (Wildman–Crippen MR) is 84.4 cm³/mol. The van der Waals surface area contributed by atoms with Crippen LogP contribution in [0.2, 0.25) is 5.02 Å². The van der Waals surface area contributed by atoms with Crippen molar-refractivity contribution in [2.45, 2.75) is 26.2 Å². The second-order valence-electron chi connectivity index (χ2n) is 5.02. The van der Waals surface area contributed by atoms with Crippen LogP contribution in [0.4, 0.5) is 5.69 Å². The number of halogens is 1. The van der Waals surface area contributed by atoms with Crippen molar-refractivity contribution in [1.82, 2.24) is 5.32 Å². The fourth-order valence-electron chi connectivity index (χ4n) is 2.25. The summed E-state index contributed by atoms with van der Waals surface area (Å²) in [7, 11) is -3.34. The smallest absolute Gasteiger partial charge is 0.251 e. The molecule has 1 heterocycles. The first-order valence-electron chi connectivity index (χ1n) is 7.04. The van der Waals surface area contributed by atoms with Crippen LogP contribution in [0.15, 0.2) is 18.2 Å². The van der Waals surface area contributed by atoms with Crippen LogP contribution in [-0.4, -0.2) is 33.2 Å². The van der Waals surface area contributed by atoms with Gasteiger partial charge in [0.1, 0.15) is 0 Å². The highest BCUT2D eigenvalue weighted by Crippen LogP contribution is 2.31. The summed E-state index contributed by atoms with van der Waals surface area (Å²) in [5.74, 6) is -0.0977. The lowest BCUT2D eigenvalue weighted by atomic mass is 10.1. The Morgan fingerprint density at radius 3 is 2.81 bits per heavy atom. The molecule has 0 unspecified atom stereocenters. The molecule has 1 aromatic carbocycles. The fourth-order valence-corrected chi connectivity index (χ4v) is 4.16. The summed E-state index contributed by atoms with van der Waals surface area (Å²) in [4.78, 5) is 12.0. The molecule has 1 N–H and O–H groups in total. The summed E-state index contributed by atoms with van der Waals surface area (Å²) in [6.07, 6.45) is 2.29. The van der Waals surface area contributed by atoms with Crippen LogP contribution in [0, 0.1) is 0 Å². The minimum absolute atomic E-state index is 0.121. The van der Waals surface area contributed by atoms with Crippen molar-refractivity contribution in [3.63, 3.8) is 0 Å². The molecular formula is C14H19ClN2O3S. The number of benzene rings is 1. The number of hydrogen-bond acceptors (Lipinski definition) is 3. The van der Waals surface area contributed by atoms with E-state index in [2.05, 4.69) is 5.32 Å². The summed E-state index contributed by atoms with van der Waals surface area (Å²) < 4.78 is 25.6. The van der Waals surface area contributed by atoms with Crippen molar-refractivity contribution in [3.05, 3.63) is 28.8 Å². The van der Waals surface area contributed by atoms with E-state index >= 15 is 0 Å². The summed E-state index contributed by atoms with van der Waals surface area (Å²) in [5, 5.41) is 3.11. The molecule has 0 spiro atoms. The predicted octanol–water partition coefficient (Wildman–Crippen LogP) is 2.41. The van der Waals surface area contributed by atoms with Crippen LogP contribution >= 0.6 is 11.6 Å². The third-order valence-corrected chi connectivity index (χ3v) is 5.54. The lowest BCUT2D eigenvalue weighted by Crippen LogP contribution is -2.38. The van der Waals surface area contributed by atoms with Gasteiger partial charge in [0.15, 0.2) is 0 Å². The maximum Gasteiger partial charge on any atom is 0.251 e. The summed E-state index contributed by atoms with van der Waals surface area (Å²) in [6, 6.07) is 4.73. The average molecular weight is 331 g/mol. The SMILES string of the molecule is CCCNC(=O)c1ccc(Cl)c(N2CCCCS2(=O)=O)c1. The van der Waals surface area contributed by atoms with Gasteiger partial charge in [0, 0.05) is 18.7 Å². The zero-order valence-corrected chi connectivity index (χ0v) is 13.5. The maximum atomic E-state index is 12.2. The molecule has 1 aliphatic heterocycles. The molecule has 0 saturated carbocycles. The molecule has 0 bridgehead atoms. The second-order valence-corrected chi connectivity index (χ2v) is 7.44. The van der Waals surface area contributed by atoms with Crippen LogP contribution in [0.25, 0.3) is 0 Å². The number of carbonyl (C=O) groups is 1. The molecule has 116 valence electrons. The molecule has 5 nitrogen and oxygen atoms in total. The van der Waals surface area contributed by atoms with E-state index in [1.165, 1.54) is 4.31 Å². The molecule has 1 aromatic rings. The van der Waals surface area contributed by atoms with Gasteiger partial charge in [0.25, 0.3) is 5.91 Å². The molecule has 1 aliphatic rings. The molecule has 7 heteroatoms. The van der Waals surface area contributed by atoms with Gasteiger partial charge in [-0.25, -0.2) is 8.42 Å². The lowest BCUT2D eigenvalue weighted by molar-refractivity contribution is 0.0953. The van der Waals surface area contributed by atoms with Gasteiger partial charge in [0.05, 0.1) is 16.5 Å². The molecule has 0 radical (unpaired) electrons. The summed E-state index contributed by atoms with van der Waals surface area (Å²) in [5.41, 5.74) is 0.809. The van der Waals surface area contributed by atoms with Gasteiger partial charge in [-0.1, -0.05) is 18.5 Å². The Morgan fingerprint density at radius 1 is 1.38 bits per heavy atom. The minimum atomic E-state index is -3.34. The molecule has 1 fully saturated rings. The molecule has 0 aliphatic carbocycles. The van der Waals surface area contributed by atoms with Crippen molar-refractivity contribution in [3.8, 4) is 0 Å². The number of hydrogen-bond donors (Lipinski definition) is 1. The number of amides is 1. The molecule has 1 saturated heterocycles. The maximum absolute atomic E-state index is 12.2. The van der Waals surface area contributed by atoms with E-state index in [9.17, 15) is 13.2 Å². The fraction of sp³-hybridized carbons (Fsp3) is 0.500. The Hall–Kier alpha value is -1.27. The Morgan fingerprint density at radius 2 is 2.14 bits per heavy atom. The first-order valence-corrected chi connectivity index (χ1v) is 9.02. The van der Waals surface area contributed by atoms with Crippen LogP contribution < -0.4 is 9.62 Å². The Balaban J connectivity index is 2.33. The van der Waals surface area contributed by atoms with E-state index in [1.54, 1.807) is 18.2 Å². The zero-order chi connectivity index (χ0) is 15.5. The number of rotatable bonds is 4. The van der Waals surface area contributed by atoms with Gasteiger partial charge in [0.2, 0.25) is 10.0 Å². The quantitative estimate of drug-likeness (QED) is 0.922. The van der Waals surface area contributed by atoms with E-state index in [0.29, 0.717) is 35.8 Å². The first-order chi connectivity index (χ1) is 9.95. The minimum Gasteiger partial charge on any atom is -0.352 e. The molecule has 2 rings (SSSR count). The Bertz CT molecular complexity index is 631. The van der Waals surface area contributed by atoms with E-state index < -0.39 is 10.0 Å². The second kappa shape index (κ2) is 6.66. The molecule has 21 heavy (non-hydrogen) atoms. The van der Waals surface area contributed by atoms with Gasteiger partial charge >= 0.3 is 0 Å². The topological polar surface area (TPSA) is 66.5 Å². The molecular weight excluding hydrogens is 312 g/mol. The van der Waals surface area contributed by atoms with Crippen molar-refractivity contribution in [1.29, 1.82) is 0 Å². The number of carbonyl (C=O) groups excluding carboxylic acids is 1. The standard InChI is InChI=1S/C14H19ClN2O3S/c1-2-7-16-14(18)11-5-6-12(15)13(10-11)17-8-3-4-9-21(17,19)20/h5-6,10H,2-4,7-9H2,1H3,(H,16,18). The molecule has 1 amide bonds. The van der Waals surface area contributed by atoms with E-state index in [0.717, 1.165) is 12.8 Å². The van der Waals surface area contributed by atoms with Crippen molar-refractivity contribution >= 4 is 33.2 Å². The largest absolute Gasteiger partial charge is 0.352 e. The summed E-state index contributed by atoms with van der Waals surface area (Å²) in [6.45, 7) is 2.95. The first kappa shape index (κ1) is 16.1. The third-order valence-electron chi connectivity index (χ3n) is 3.36. The third kappa shape index (κ3) is 3.68. The highest BCUT2D eigenvalue weighted by atomic mass is 35.5. The highest BCUT2D eigenvalue weighted by Gasteiger charge is 2.28. The number of sulfonamides is 1. The van der Waals surface area contributed by atoms with Gasteiger partial charge in [-0.3, -0.25) is 9.10 Å². The highest BCUT2D eigenvalue weighted by molar-refractivity contribution is 7.92. The monoisotopic (exact) mass is 330 g/mol. The van der Waals surface area contributed by atoms with Gasteiger partial charge in [-0.05, 0) is 37.5 Å². The summed E-state index contributed by atoms with van der Waals surface area (Å²) >= 11 is 6.13. The van der Waals surface area contributed by atoms with E-state index in [-0.39, 0.29) is 11.7 Å². The molecule has 0 aromatic heterocycles. The van der Waals surface area contributed by atoms with Crippen molar-refractivity contribution in [2.75, 3.05) is 23.1 Å². The van der Waals surface area contributed by atoms with Crippen LogP contribution in [0.5, 0.6) is 0 Å².